The quantitative estimate of drug-likeness (QED) is 0.672. The summed E-state index contributed by atoms with van der Waals surface area (Å²) in [5, 5.41) is -3.54. The number of aliphatic imine (C=N–C) groups is 2. The first-order valence-corrected chi connectivity index (χ1v) is 8.94. The summed E-state index contributed by atoms with van der Waals surface area (Å²) < 4.78 is 75.4. The van der Waals surface area contributed by atoms with Gasteiger partial charge in [-0.1, -0.05) is 0 Å². The smallest absolute Gasteiger partial charge is 0.447 e. The molecule has 0 aromatic rings. The zero-order chi connectivity index (χ0) is 19.6. The van der Waals surface area contributed by atoms with Crippen LogP contribution in [0.25, 0.3) is 0 Å². The fourth-order valence-electron chi connectivity index (χ4n) is 1.82. The first kappa shape index (κ1) is 21.7. The van der Waals surface area contributed by atoms with Gasteiger partial charge in [-0.3, -0.25) is 4.57 Å². The Morgan fingerprint density at radius 1 is 1.12 bits per heavy atom. The normalized spacial score (nSPS) is 21.8. The Morgan fingerprint density at radius 3 is 1.92 bits per heavy atom. The van der Waals surface area contributed by atoms with Gasteiger partial charge in [0.1, 0.15) is 0 Å². The van der Waals surface area contributed by atoms with Crippen molar-refractivity contribution in [3.05, 3.63) is 0 Å². The van der Waals surface area contributed by atoms with E-state index in [0.717, 1.165) is 12.0 Å². The molecule has 0 bridgehead atoms. The molecule has 0 saturated carbocycles. The number of hydrogen-bond donors (Lipinski definition) is 0. The standard InChI is InChI=1S/C13H23F3N3O5P/c1-8(2)23-25(20,24-9(3)4)13(12(14,15)16)17-10(19(5)6)22-11(18-13)21-7/h8-9H,1-7H3. The third-order valence-electron chi connectivity index (χ3n) is 2.70. The molecule has 25 heavy (non-hydrogen) atoms. The lowest BCUT2D eigenvalue weighted by atomic mass is 10.5. The number of amidine groups is 1. The van der Waals surface area contributed by atoms with Crippen LogP contribution in [-0.4, -0.2) is 62.0 Å². The zero-order valence-corrected chi connectivity index (χ0v) is 16.0. The highest BCUT2D eigenvalue weighted by Gasteiger charge is 2.72. The third kappa shape index (κ3) is 4.45. The van der Waals surface area contributed by atoms with Crippen molar-refractivity contribution in [2.75, 3.05) is 21.2 Å². The summed E-state index contributed by atoms with van der Waals surface area (Å²) >= 11 is 0. The summed E-state index contributed by atoms with van der Waals surface area (Å²) in [4.78, 5) is 7.97. The van der Waals surface area contributed by atoms with E-state index in [-0.39, 0.29) is 0 Å². The molecule has 0 aromatic carbocycles. The van der Waals surface area contributed by atoms with E-state index in [1.807, 2.05) is 0 Å². The Hall–Kier alpha value is -1.32. The summed E-state index contributed by atoms with van der Waals surface area (Å²) in [6.45, 7) is 5.71. The van der Waals surface area contributed by atoms with Crippen molar-refractivity contribution in [1.29, 1.82) is 0 Å². The van der Waals surface area contributed by atoms with Gasteiger partial charge in [-0.25, -0.2) is 0 Å². The van der Waals surface area contributed by atoms with Crippen LogP contribution in [0.3, 0.4) is 0 Å². The van der Waals surface area contributed by atoms with Crippen LogP contribution < -0.4 is 0 Å². The zero-order valence-electron chi connectivity index (χ0n) is 15.1. The van der Waals surface area contributed by atoms with Gasteiger partial charge >= 0.3 is 25.3 Å². The van der Waals surface area contributed by atoms with Crippen LogP contribution in [0.5, 0.6) is 0 Å². The molecule has 0 N–H and O–H groups in total. The van der Waals surface area contributed by atoms with Crippen LogP contribution in [0, 0.1) is 0 Å². The lowest BCUT2D eigenvalue weighted by Gasteiger charge is -2.38. The molecule has 8 nitrogen and oxygen atoms in total. The highest BCUT2D eigenvalue weighted by molar-refractivity contribution is 7.55. The number of rotatable bonds is 5. The molecule has 1 aliphatic rings. The van der Waals surface area contributed by atoms with Gasteiger partial charge in [0.15, 0.2) is 0 Å². The van der Waals surface area contributed by atoms with Crippen LogP contribution in [0.4, 0.5) is 13.2 Å². The van der Waals surface area contributed by atoms with Gasteiger partial charge in [0.25, 0.3) is 6.02 Å². The minimum atomic E-state index is -5.21. The molecule has 1 heterocycles. The highest BCUT2D eigenvalue weighted by atomic mass is 31.2. The van der Waals surface area contributed by atoms with Gasteiger partial charge < -0.3 is 23.4 Å². The molecule has 12 heteroatoms. The molecule has 0 amide bonds. The maximum Gasteiger partial charge on any atom is 0.447 e. The summed E-state index contributed by atoms with van der Waals surface area (Å²) in [6, 6.07) is -0.496. The van der Waals surface area contributed by atoms with Crippen molar-refractivity contribution in [2.45, 2.75) is 51.5 Å². The predicted molar refractivity (Wildman–Crippen MR) is 85.5 cm³/mol. The predicted octanol–water partition coefficient (Wildman–Crippen LogP) is 3.20. The van der Waals surface area contributed by atoms with Gasteiger partial charge in [-0.05, 0) is 27.7 Å². The van der Waals surface area contributed by atoms with Gasteiger partial charge in [0.2, 0.25) is 0 Å². The van der Waals surface area contributed by atoms with Crippen molar-refractivity contribution in [1.82, 2.24) is 4.90 Å². The van der Waals surface area contributed by atoms with Crippen molar-refractivity contribution in [3.63, 3.8) is 0 Å². The van der Waals surface area contributed by atoms with E-state index in [9.17, 15) is 17.7 Å². The topological polar surface area (TPSA) is 82.0 Å². The average molecular weight is 389 g/mol. The lowest BCUT2D eigenvalue weighted by Crippen LogP contribution is -2.49. The second-order valence-corrected chi connectivity index (χ2v) is 7.95. The lowest BCUT2D eigenvalue weighted by molar-refractivity contribution is -0.167. The van der Waals surface area contributed by atoms with Gasteiger partial charge in [-0.15, -0.1) is 0 Å². The molecule has 1 aliphatic heterocycles. The fraction of sp³-hybridized carbons (Fsp3) is 0.846. The number of nitrogens with zero attached hydrogens (tertiary/aromatic N) is 3. The SMILES string of the molecule is COC1=NC(C(F)(F)F)(P(=O)(OC(C)C)OC(C)C)N=C(N(C)C)O1. The van der Waals surface area contributed by atoms with E-state index >= 15 is 0 Å². The molecule has 1 rings (SSSR count). The van der Waals surface area contributed by atoms with Crippen molar-refractivity contribution >= 4 is 19.7 Å². The average Bonchev–Trinajstić information content (AvgIpc) is 2.43. The molecule has 0 radical (unpaired) electrons. The molecule has 0 aromatic heterocycles. The molecule has 0 aliphatic carbocycles. The van der Waals surface area contributed by atoms with Crippen molar-refractivity contribution in [2.24, 2.45) is 9.98 Å². The molecule has 0 fully saturated rings. The third-order valence-corrected chi connectivity index (χ3v) is 5.31. The summed E-state index contributed by atoms with van der Waals surface area (Å²) in [7, 11) is -1.11. The van der Waals surface area contributed by atoms with E-state index in [1.54, 1.807) is 0 Å². The van der Waals surface area contributed by atoms with Crippen LogP contribution in [0.15, 0.2) is 9.98 Å². The summed E-state index contributed by atoms with van der Waals surface area (Å²) in [5.41, 5.74) is 0. The second-order valence-electron chi connectivity index (χ2n) is 5.91. The maximum absolute atomic E-state index is 14.1. The fourth-order valence-corrected chi connectivity index (χ4v) is 4.00. The Morgan fingerprint density at radius 2 is 1.60 bits per heavy atom. The van der Waals surface area contributed by atoms with E-state index < -0.39 is 43.5 Å². The Balaban J connectivity index is 3.75. The number of alkyl halides is 3. The Kier molecular flexibility index (Phi) is 6.52. The minimum Gasteiger partial charge on any atom is -0.454 e. The molecule has 0 spiro atoms. The summed E-state index contributed by atoms with van der Waals surface area (Å²) in [5.74, 6) is 0. The van der Waals surface area contributed by atoms with E-state index in [4.69, 9.17) is 18.5 Å². The van der Waals surface area contributed by atoms with Gasteiger partial charge in [-0.2, -0.15) is 23.2 Å². The van der Waals surface area contributed by atoms with Crippen LogP contribution in [0.2, 0.25) is 0 Å². The number of ether oxygens (including phenoxy) is 2. The molecular formula is C13H23F3N3O5P. The largest absolute Gasteiger partial charge is 0.454 e. The van der Waals surface area contributed by atoms with Gasteiger partial charge in [0.05, 0.1) is 19.3 Å². The van der Waals surface area contributed by atoms with Crippen LogP contribution in [0.1, 0.15) is 27.7 Å². The Bertz CT molecular complexity index is 578. The number of halogens is 3. The highest BCUT2D eigenvalue weighted by Crippen LogP contribution is 2.68. The second kappa shape index (κ2) is 7.51. The molecule has 1 atom stereocenters. The Labute approximate surface area is 144 Å². The minimum absolute atomic E-state index is 0.496. The van der Waals surface area contributed by atoms with Crippen molar-refractivity contribution in [3.8, 4) is 0 Å². The molecule has 1 unspecified atom stereocenters. The van der Waals surface area contributed by atoms with Crippen molar-refractivity contribution < 1.29 is 36.3 Å². The maximum atomic E-state index is 14.1. The van der Waals surface area contributed by atoms with E-state index in [2.05, 4.69) is 9.98 Å². The van der Waals surface area contributed by atoms with E-state index in [0.29, 0.717) is 0 Å². The number of hydrogen-bond acceptors (Lipinski definition) is 8. The van der Waals surface area contributed by atoms with E-state index in [1.165, 1.54) is 41.8 Å². The van der Waals surface area contributed by atoms with Crippen LogP contribution in [-0.2, 0) is 23.1 Å². The number of methoxy groups -OCH3 is 1. The molecular weight excluding hydrogens is 366 g/mol. The van der Waals surface area contributed by atoms with Gasteiger partial charge in [0, 0.05) is 14.1 Å². The molecule has 146 valence electrons. The first-order chi connectivity index (χ1) is 11.3. The monoisotopic (exact) mass is 389 g/mol. The first-order valence-electron chi connectivity index (χ1n) is 7.40. The van der Waals surface area contributed by atoms with Crippen LogP contribution >= 0.6 is 7.60 Å². The summed E-state index contributed by atoms with van der Waals surface area (Å²) in [6.07, 6.45) is -7.64. The molecule has 0 saturated heterocycles.